The van der Waals surface area contributed by atoms with E-state index in [9.17, 15) is 0 Å². The smallest absolute Gasteiger partial charge is 0.137 e. The summed E-state index contributed by atoms with van der Waals surface area (Å²) in [6.45, 7) is 13.7. The Morgan fingerprint density at radius 2 is 1.12 bits per heavy atom. The van der Waals surface area contributed by atoms with Crippen LogP contribution in [0.4, 0.5) is 0 Å². The first kappa shape index (κ1) is 32.1. The number of para-hydroxylation sites is 1. The molecule has 0 unspecified atom stereocenters. The molecule has 4 aromatic carbocycles. The highest BCUT2D eigenvalue weighted by atomic mass is 16.5. The summed E-state index contributed by atoms with van der Waals surface area (Å²) in [5.74, 6) is 0.794. The van der Waals surface area contributed by atoms with Crippen LogP contribution in [-0.4, -0.2) is 21.5 Å². The van der Waals surface area contributed by atoms with Crippen molar-refractivity contribution in [2.24, 2.45) is 0 Å². The van der Waals surface area contributed by atoms with Crippen LogP contribution in [0.15, 0.2) is 134 Å². The van der Waals surface area contributed by atoms with Gasteiger partial charge in [0.2, 0.25) is 0 Å². The normalized spacial score (nSPS) is 12.0. The minimum absolute atomic E-state index is 0.00373. The highest BCUT2D eigenvalue weighted by Gasteiger charge is 2.22. The molecule has 4 nitrogen and oxygen atoms in total. The van der Waals surface area contributed by atoms with Gasteiger partial charge in [-0.15, -0.1) is 0 Å². The molecule has 7 rings (SSSR count). The van der Waals surface area contributed by atoms with Gasteiger partial charge < -0.3 is 4.74 Å². The fraction of sp³-hybridized carbons (Fsp3) is 0.200. The summed E-state index contributed by atoms with van der Waals surface area (Å²) >= 11 is 0. The molecule has 0 radical (unpaired) electrons. The molecule has 0 spiro atoms. The Morgan fingerprint density at radius 3 is 1.84 bits per heavy atom. The second-order valence-corrected chi connectivity index (χ2v) is 14.8. The van der Waals surface area contributed by atoms with Gasteiger partial charge in [-0.3, -0.25) is 4.40 Å². The van der Waals surface area contributed by atoms with E-state index in [1.165, 1.54) is 16.7 Å². The van der Waals surface area contributed by atoms with Crippen LogP contribution in [0, 0.1) is 0 Å². The van der Waals surface area contributed by atoms with Crippen molar-refractivity contribution in [2.45, 2.75) is 52.4 Å². The predicted molar refractivity (Wildman–Crippen MR) is 204 cm³/mol. The maximum Gasteiger partial charge on any atom is 0.137 e. The largest absolute Gasteiger partial charge is 0.496 e. The number of benzene rings is 4. The van der Waals surface area contributed by atoms with Gasteiger partial charge in [-0.25, -0.2) is 9.97 Å². The molecule has 7 aromatic rings. The monoisotopic (exact) mass is 641 g/mol. The SMILES string of the molecule is COc1ccccc1-c1cc(-c2cc(C(C)(C)C)cc(C(C)(C)C)c2)cc(-c2cccc(-c3nc4ccccn4c3-c3ccccc3)c2)n1. The zero-order chi connectivity index (χ0) is 34.3. The van der Waals surface area contributed by atoms with Gasteiger partial charge in [0.05, 0.1) is 29.9 Å². The lowest BCUT2D eigenvalue weighted by molar-refractivity contribution is 0.416. The number of pyridine rings is 2. The van der Waals surface area contributed by atoms with Gasteiger partial charge in [0.25, 0.3) is 0 Å². The lowest BCUT2D eigenvalue weighted by Gasteiger charge is -2.26. The highest BCUT2D eigenvalue weighted by molar-refractivity contribution is 5.85. The second kappa shape index (κ2) is 12.5. The van der Waals surface area contributed by atoms with Gasteiger partial charge in [-0.2, -0.15) is 0 Å². The summed E-state index contributed by atoms with van der Waals surface area (Å²) in [4.78, 5) is 10.4. The van der Waals surface area contributed by atoms with E-state index in [0.29, 0.717) is 0 Å². The standard InChI is InChI=1S/C45H43N3O/c1-44(2,3)35-25-33(26-36(29-35)45(4,5)6)34-27-38(46-39(28-34)37-20-11-12-21-40(37)49-7)31-18-15-19-32(24-31)42-43(30-16-9-8-10-17-30)48-23-14-13-22-41(48)47-42/h8-29H,1-7H3. The zero-order valence-corrected chi connectivity index (χ0v) is 29.5. The van der Waals surface area contributed by atoms with E-state index in [-0.39, 0.29) is 10.8 Å². The first-order valence-corrected chi connectivity index (χ1v) is 16.9. The number of imidazole rings is 1. The zero-order valence-electron chi connectivity index (χ0n) is 29.5. The fourth-order valence-corrected chi connectivity index (χ4v) is 6.39. The summed E-state index contributed by atoms with van der Waals surface area (Å²) in [5.41, 5.74) is 13.7. The third-order valence-corrected chi connectivity index (χ3v) is 9.22. The van der Waals surface area contributed by atoms with Crippen molar-refractivity contribution in [3.05, 3.63) is 145 Å². The van der Waals surface area contributed by atoms with Gasteiger partial charge in [0.1, 0.15) is 11.4 Å². The average Bonchev–Trinajstić information content (AvgIpc) is 3.51. The van der Waals surface area contributed by atoms with Crippen LogP contribution in [0.2, 0.25) is 0 Å². The number of hydrogen-bond donors (Lipinski definition) is 0. The van der Waals surface area contributed by atoms with Crippen molar-refractivity contribution >= 4 is 5.65 Å². The van der Waals surface area contributed by atoms with Gasteiger partial charge in [0, 0.05) is 28.5 Å². The molecule has 0 atom stereocenters. The molecule has 3 aromatic heterocycles. The molecular weight excluding hydrogens is 599 g/mol. The number of aromatic nitrogens is 3. The Bertz CT molecular complexity index is 2250. The number of rotatable bonds is 6. The molecule has 4 heteroatoms. The highest BCUT2D eigenvalue weighted by Crippen LogP contribution is 2.39. The van der Waals surface area contributed by atoms with Gasteiger partial charge >= 0.3 is 0 Å². The van der Waals surface area contributed by atoms with Crippen molar-refractivity contribution in [2.75, 3.05) is 7.11 Å². The number of methoxy groups -OCH3 is 1. The van der Waals surface area contributed by atoms with Crippen molar-refractivity contribution < 1.29 is 4.74 Å². The molecule has 49 heavy (non-hydrogen) atoms. The number of ether oxygens (including phenoxy) is 1. The van der Waals surface area contributed by atoms with Crippen LogP contribution in [0.5, 0.6) is 5.75 Å². The van der Waals surface area contributed by atoms with Gasteiger partial charge in [0.15, 0.2) is 0 Å². The van der Waals surface area contributed by atoms with E-state index >= 15 is 0 Å². The Labute approximate surface area is 290 Å². The summed E-state index contributed by atoms with van der Waals surface area (Å²) in [5, 5.41) is 0. The minimum atomic E-state index is -0.00373. The molecule has 0 saturated carbocycles. The van der Waals surface area contributed by atoms with Gasteiger partial charge in [-0.1, -0.05) is 126 Å². The molecule has 0 saturated heterocycles. The summed E-state index contributed by atoms with van der Waals surface area (Å²) in [7, 11) is 1.72. The van der Waals surface area contributed by atoms with E-state index in [1.54, 1.807) is 7.11 Å². The van der Waals surface area contributed by atoms with Gasteiger partial charge in [-0.05, 0) is 75.5 Å². The third-order valence-electron chi connectivity index (χ3n) is 9.22. The Balaban J connectivity index is 1.45. The summed E-state index contributed by atoms with van der Waals surface area (Å²) in [6, 6.07) is 44.9. The lowest BCUT2D eigenvalue weighted by atomic mass is 9.79. The Hall–Kier alpha value is -5.48. The van der Waals surface area contributed by atoms with Crippen LogP contribution >= 0.6 is 0 Å². The van der Waals surface area contributed by atoms with Crippen molar-refractivity contribution in [1.29, 1.82) is 0 Å². The van der Waals surface area contributed by atoms with Crippen LogP contribution in [0.25, 0.3) is 61.8 Å². The lowest BCUT2D eigenvalue weighted by Crippen LogP contribution is -2.16. The molecule has 0 aliphatic carbocycles. The van der Waals surface area contributed by atoms with E-state index in [1.807, 2.05) is 30.3 Å². The predicted octanol–water partition coefficient (Wildman–Crippen LogP) is 11.7. The van der Waals surface area contributed by atoms with Crippen molar-refractivity contribution in [3.63, 3.8) is 0 Å². The van der Waals surface area contributed by atoms with Crippen LogP contribution in [0.3, 0.4) is 0 Å². The molecule has 0 N–H and O–H groups in total. The number of hydrogen-bond acceptors (Lipinski definition) is 3. The minimum Gasteiger partial charge on any atom is -0.496 e. The molecular formula is C45H43N3O. The molecule has 0 bridgehead atoms. The molecule has 0 fully saturated rings. The molecule has 0 aliphatic rings. The van der Waals surface area contributed by atoms with E-state index in [2.05, 4.69) is 149 Å². The molecule has 0 aliphatic heterocycles. The maximum atomic E-state index is 5.83. The Kier molecular flexibility index (Phi) is 8.20. The molecule has 0 amide bonds. The quantitative estimate of drug-likeness (QED) is 0.181. The fourth-order valence-electron chi connectivity index (χ4n) is 6.39. The number of nitrogens with zero attached hydrogens (tertiary/aromatic N) is 3. The van der Waals surface area contributed by atoms with Crippen LogP contribution in [-0.2, 0) is 10.8 Å². The second-order valence-electron chi connectivity index (χ2n) is 14.8. The first-order valence-electron chi connectivity index (χ1n) is 16.9. The van der Waals surface area contributed by atoms with Crippen molar-refractivity contribution in [3.8, 4) is 61.9 Å². The molecule has 3 heterocycles. The van der Waals surface area contributed by atoms with E-state index < -0.39 is 0 Å². The third kappa shape index (κ3) is 6.39. The average molecular weight is 642 g/mol. The van der Waals surface area contributed by atoms with Crippen molar-refractivity contribution in [1.82, 2.24) is 14.4 Å². The van der Waals surface area contributed by atoms with E-state index in [4.69, 9.17) is 14.7 Å². The Morgan fingerprint density at radius 1 is 0.510 bits per heavy atom. The van der Waals surface area contributed by atoms with Crippen LogP contribution in [0.1, 0.15) is 52.7 Å². The number of fused-ring (bicyclic) bond motifs is 1. The maximum absolute atomic E-state index is 5.83. The topological polar surface area (TPSA) is 39.4 Å². The molecule has 244 valence electrons. The van der Waals surface area contributed by atoms with Crippen LogP contribution < -0.4 is 4.74 Å². The summed E-state index contributed by atoms with van der Waals surface area (Å²) in [6.07, 6.45) is 2.08. The first-order chi connectivity index (χ1) is 23.5. The van der Waals surface area contributed by atoms with E-state index in [0.717, 1.165) is 62.0 Å². The summed E-state index contributed by atoms with van der Waals surface area (Å²) < 4.78 is 8.00.